The Labute approximate surface area is 130 Å². The number of carbonyl (C=O) groups is 1. The van der Waals surface area contributed by atoms with Gasteiger partial charge in [-0.2, -0.15) is 0 Å². The Balaban J connectivity index is 2.24. The minimum Gasteiger partial charge on any atom is -0.393 e. The van der Waals surface area contributed by atoms with Crippen molar-refractivity contribution in [2.24, 2.45) is 0 Å². The molecule has 0 saturated carbocycles. The van der Waals surface area contributed by atoms with Gasteiger partial charge in [-0.3, -0.25) is 4.79 Å². The van der Waals surface area contributed by atoms with Crippen LogP contribution >= 0.6 is 11.6 Å². The monoisotopic (exact) mass is 311 g/mol. The summed E-state index contributed by atoms with van der Waals surface area (Å²) in [6.07, 6.45) is 3.53. The summed E-state index contributed by atoms with van der Waals surface area (Å²) >= 11 is 6.11. The fourth-order valence-corrected chi connectivity index (χ4v) is 2.86. The predicted molar refractivity (Wildman–Crippen MR) is 81.5 cm³/mol. The van der Waals surface area contributed by atoms with Crippen LogP contribution in [0.5, 0.6) is 0 Å². The molecular formula is C15H22ClN3O2. The van der Waals surface area contributed by atoms with Gasteiger partial charge >= 0.3 is 0 Å². The molecule has 2 atom stereocenters. The van der Waals surface area contributed by atoms with Crippen LogP contribution in [0, 0.1) is 0 Å². The van der Waals surface area contributed by atoms with Crippen molar-refractivity contribution in [1.82, 2.24) is 14.9 Å². The fraction of sp³-hybridized carbons (Fsp3) is 0.667. The molecular weight excluding hydrogens is 290 g/mol. The summed E-state index contributed by atoms with van der Waals surface area (Å²) < 4.78 is 0. The zero-order chi connectivity index (χ0) is 15.6. The van der Waals surface area contributed by atoms with Gasteiger partial charge in [-0.05, 0) is 26.2 Å². The normalized spacial score (nSPS) is 20.1. The van der Waals surface area contributed by atoms with E-state index < -0.39 is 6.10 Å². The van der Waals surface area contributed by atoms with E-state index in [1.54, 1.807) is 11.8 Å². The first kappa shape index (κ1) is 16.2. The van der Waals surface area contributed by atoms with Gasteiger partial charge in [0.05, 0.1) is 17.3 Å². The lowest BCUT2D eigenvalue weighted by Crippen LogP contribution is -2.38. The Morgan fingerprint density at radius 1 is 1.52 bits per heavy atom. The van der Waals surface area contributed by atoms with Crippen molar-refractivity contribution in [2.45, 2.75) is 58.1 Å². The second-order valence-corrected chi connectivity index (χ2v) is 6.37. The van der Waals surface area contributed by atoms with Crippen LogP contribution in [0.25, 0.3) is 0 Å². The van der Waals surface area contributed by atoms with E-state index in [0.717, 1.165) is 12.8 Å². The highest BCUT2D eigenvalue weighted by Gasteiger charge is 2.32. The smallest absolute Gasteiger partial charge is 0.274 e. The van der Waals surface area contributed by atoms with Crippen LogP contribution in [-0.4, -0.2) is 44.6 Å². The number of rotatable bonds is 4. The van der Waals surface area contributed by atoms with Crippen molar-refractivity contribution >= 4 is 17.5 Å². The van der Waals surface area contributed by atoms with Crippen LogP contribution in [0.15, 0.2) is 6.20 Å². The maximum Gasteiger partial charge on any atom is 0.274 e. The number of aliphatic hydroxyl groups is 1. The molecule has 1 amide bonds. The molecule has 1 aromatic heterocycles. The molecule has 1 saturated heterocycles. The highest BCUT2D eigenvalue weighted by molar-refractivity contribution is 6.33. The Bertz CT molecular complexity index is 520. The molecule has 2 heterocycles. The Morgan fingerprint density at radius 3 is 2.86 bits per heavy atom. The molecule has 0 radical (unpaired) electrons. The summed E-state index contributed by atoms with van der Waals surface area (Å²) in [7, 11) is 0. The zero-order valence-corrected chi connectivity index (χ0v) is 13.5. The van der Waals surface area contributed by atoms with Gasteiger partial charge in [0.2, 0.25) is 0 Å². The second-order valence-electron chi connectivity index (χ2n) is 5.96. The van der Waals surface area contributed by atoms with Gasteiger partial charge in [-0.15, -0.1) is 0 Å². The van der Waals surface area contributed by atoms with E-state index in [4.69, 9.17) is 11.6 Å². The maximum atomic E-state index is 12.7. The van der Waals surface area contributed by atoms with Crippen molar-refractivity contribution in [1.29, 1.82) is 0 Å². The predicted octanol–water partition coefficient (Wildman–Crippen LogP) is 2.63. The summed E-state index contributed by atoms with van der Waals surface area (Å²) in [6, 6.07) is 0.0611. The number of hydrogen-bond acceptors (Lipinski definition) is 4. The van der Waals surface area contributed by atoms with E-state index in [2.05, 4.69) is 9.97 Å². The molecule has 1 fully saturated rings. The molecule has 5 nitrogen and oxygen atoms in total. The average molecular weight is 312 g/mol. The lowest BCUT2D eigenvalue weighted by Gasteiger charge is -2.25. The van der Waals surface area contributed by atoms with Crippen LogP contribution in [0.1, 0.15) is 62.3 Å². The van der Waals surface area contributed by atoms with Gasteiger partial charge in [0.1, 0.15) is 5.82 Å². The van der Waals surface area contributed by atoms with Crippen LogP contribution in [0.4, 0.5) is 0 Å². The Morgan fingerprint density at radius 2 is 2.24 bits per heavy atom. The van der Waals surface area contributed by atoms with E-state index in [1.165, 1.54) is 6.20 Å². The van der Waals surface area contributed by atoms with Gasteiger partial charge in [-0.25, -0.2) is 9.97 Å². The van der Waals surface area contributed by atoms with E-state index in [-0.39, 0.29) is 28.6 Å². The minimum atomic E-state index is -0.421. The Hall–Kier alpha value is -1.20. The fourth-order valence-electron chi connectivity index (χ4n) is 2.69. The van der Waals surface area contributed by atoms with E-state index in [1.807, 2.05) is 13.8 Å². The van der Waals surface area contributed by atoms with Crippen LogP contribution in [-0.2, 0) is 0 Å². The van der Waals surface area contributed by atoms with Crippen LogP contribution in [0.3, 0.4) is 0 Å². The number of aromatic nitrogens is 2. The average Bonchev–Trinajstić information content (AvgIpc) is 2.85. The molecule has 1 N–H and O–H groups in total. The number of likely N-dealkylation sites (tertiary alicyclic amines) is 1. The lowest BCUT2D eigenvalue weighted by molar-refractivity contribution is 0.0676. The van der Waals surface area contributed by atoms with Gasteiger partial charge in [-0.1, -0.05) is 25.4 Å². The van der Waals surface area contributed by atoms with E-state index in [9.17, 15) is 9.90 Å². The Kier molecular flexibility index (Phi) is 5.17. The van der Waals surface area contributed by atoms with Gasteiger partial charge in [0.25, 0.3) is 5.91 Å². The van der Waals surface area contributed by atoms with Gasteiger partial charge in [0.15, 0.2) is 5.69 Å². The SMILES string of the molecule is CC(O)CC1CCCN1C(=O)c1nc(C(C)C)ncc1Cl. The first-order valence-corrected chi connectivity index (χ1v) is 7.79. The molecule has 6 heteroatoms. The number of hydrogen-bond donors (Lipinski definition) is 1. The molecule has 116 valence electrons. The van der Waals surface area contributed by atoms with Crippen molar-refractivity contribution in [2.75, 3.05) is 6.54 Å². The number of aliphatic hydroxyl groups excluding tert-OH is 1. The van der Waals surface area contributed by atoms with E-state index >= 15 is 0 Å². The minimum absolute atomic E-state index is 0.0611. The van der Waals surface area contributed by atoms with Crippen molar-refractivity contribution in [3.63, 3.8) is 0 Å². The molecule has 0 spiro atoms. The molecule has 1 aromatic rings. The van der Waals surface area contributed by atoms with Crippen molar-refractivity contribution in [3.8, 4) is 0 Å². The highest BCUT2D eigenvalue weighted by atomic mass is 35.5. The molecule has 0 aromatic carbocycles. The largest absolute Gasteiger partial charge is 0.393 e. The first-order chi connectivity index (χ1) is 9.90. The van der Waals surface area contributed by atoms with Crippen LogP contribution in [0.2, 0.25) is 5.02 Å². The molecule has 2 rings (SSSR count). The molecule has 1 aliphatic rings. The summed E-state index contributed by atoms with van der Waals surface area (Å²) in [5.41, 5.74) is 0.271. The third kappa shape index (κ3) is 3.71. The maximum absolute atomic E-state index is 12.7. The molecule has 1 aliphatic heterocycles. The topological polar surface area (TPSA) is 66.3 Å². The first-order valence-electron chi connectivity index (χ1n) is 7.41. The third-order valence-electron chi connectivity index (χ3n) is 3.73. The second kappa shape index (κ2) is 6.71. The number of amides is 1. The van der Waals surface area contributed by atoms with Crippen LogP contribution < -0.4 is 0 Å². The zero-order valence-electron chi connectivity index (χ0n) is 12.7. The quantitative estimate of drug-likeness (QED) is 0.928. The third-order valence-corrected chi connectivity index (χ3v) is 4.01. The highest BCUT2D eigenvalue weighted by Crippen LogP contribution is 2.26. The van der Waals surface area contributed by atoms with Crippen molar-refractivity contribution in [3.05, 3.63) is 22.7 Å². The lowest BCUT2D eigenvalue weighted by atomic mass is 10.1. The van der Waals surface area contributed by atoms with Crippen molar-refractivity contribution < 1.29 is 9.90 Å². The summed E-state index contributed by atoms with van der Waals surface area (Å²) in [4.78, 5) is 23.0. The van der Waals surface area contributed by atoms with E-state index in [0.29, 0.717) is 18.8 Å². The summed E-state index contributed by atoms with van der Waals surface area (Å²) in [5, 5.41) is 9.85. The number of nitrogens with zero attached hydrogens (tertiary/aromatic N) is 3. The number of halogens is 1. The summed E-state index contributed by atoms with van der Waals surface area (Å²) in [5.74, 6) is 0.599. The molecule has 0 aliphatic carbocycles. The molecule has 0 bridgehead atoms. The standard InChI is InChI=1S/C15H22ClN3O2/c1-9(2)14-17-8-12(16)13(18-14)15(21)19-6-4-5-11(19)7-10(3)20/h8-11,20H,4-7H2,1-3H3. The molecule has 21 heavy (non-hydrogen) atoms. The summed E-state index contributed by atoms with van der Waals surface area (Å²) in [6.45, 7) is 6.39. The number of carbonyl (C=O) groups excluding carboxylic acids is 1. The van der Waals surface area contributed by atoms with Gasteiger partial charge in [0, 0.05) is 18.5 Å². The molecule has 2 unspecified atom stereocenters. The van der Waals surface area contributed by atoms with Gasteiger partial charge < -0.3 is 10.0 Å².